The SMILES string of the molecule is O=C(c1csc(C2CCN(C(=O)c3cc4ccccc4o3)CC2)n1)N1CC(Oc2ccccc2)C1. The van der Waals surface area contributed by atoms with Gasteiger partial charge in [0.05, 0.1) is 18.1 Å². The van der Waals surface area contributed by atoms with Gasteiger partial charge in [0.1, 0.15) is 23.1 Å². The van der Waals surface area contributed by atoms with Crippen LogP contribution in [0, 0.1) is 0 Å². The number of amides is 2. The highest BCUT2D eigenvalue weighted by Crippen LogP contribution is 2.32. The second kappa shape index (κ2) is 9.19. The van der Waals surface area contributed by atoms with Crippen LogP contribution in [0.25, 0.3) is 11.0 Å². The molecule has 8 heteroatoms. The Kier molecular flexibility index (Phi) is 5.74. The summed E-state index contributed by atoms with van der Waals surface area (Å²) in [7, 11) is 0. The summed E-state index contributed by atoms with van der Waals surface area (Å²) >= 11 is 1.54. The summed E-state index contributed by atoms with van der Waals surface area (Å²) in [4.78, 5) is 34.1. The van der Waals surface area contributed by atoms with Crippen LogP contribution in [-0.2, 0) is 0 Å². The molecule has 0 N–H and O–H groups in total. The summed E-state index contributed by atoms with van der Waals surface area (Å²) in [6, 6.07) is 19.1. The van der Waals surface area contributed by atoms with E-state index in [1.807, 2.05) is 70.9 Å². The zero-order valence-electron chi connectivity index (χ0n) is 19.1. The molecule has 2 aliphatic heterocycles. The zero-order chi connectivity index (χ0) is 23.8. The fourth-order valence-electron chi connectivity index (χ4n) is 4.68. The van der Waals surface area contributed by atoms with E-state index >= 15 is 0 Å². The van der Waals surface area contributed by atoms with E-state index in [2.05, 4.69) is 4.98 Å². The maximum Gasteiger partial charge on any atom is 0.289 e. The second-order valence-electron chi connectivity index (χ2n) is 9.05. The highest BCUT2D eigenvalue weighted by molar-refractivity contribution is 7.09. The molecule has 7 nitrogen and oxygen atoms in total. The first-order valence-corrected chi connectivity index (χ1v) is 12.8. The normalized spacial score (nSPS) is 16.9. The maximum atomic E-state index is 12.9. The maximum absolute atomic E-state index is 12.9. The topological polar surface area (TPSA) is 75.9 Å². The lowest BCUT2D eigenvalue weighted by Crippen LogP contribution is -2.56. The summed E-state index contributed by atoms with van der Waals surface area (Å²) in [6.45, 7) is 2.44. The molecule has 2 aromatic heterocycles. The largest absolute Gasteiger partial charge is 0.487 e. The number of thiazole rings is 1. The Morgan fingerprint density at radius 2 is 1.69 bits per heavy atom. The van der Waals surface area contributed by atoms with Gasteiger partial charge < -0.3 is 19.0 Å². The number of furan rings is 1. The van der Waals surface area contributed by atoms with E-state index in [1.165, 1.54) is 11.3 Å². The number of aromatic nitrogens is 1. The third-order valence-electron chi connectivity index (χ3n) is 6.69. The molecule has 6 rings (SSSR count). The molecular formula is C27H25N3O4S. The fraction of sp³-hybridized carbons (Fsp3) is 0.296. The van der Waals surface area contributed by atoms with Crippen molar-refractivity contribution in [2.75, 3.05) is 26.2 Å². The van der Waals surface area contributed by atoms with Gasteiger partial charge >= 0.3 is 0 Å². The van der Waals surface area contributed by atoms with Crippen molar-refractivity contribution in [3.63, 3.8) is 0 Å². The zero-order valence-corrected chi connectivity index (χ0v) is 19.9. The molecule has 0 bridgehead atoms. The van der Waals surface area contributed by atoms with Crippen molar-refractivity contribution in [2.24, 2.45) is 0 Å². The van der Waals surface area contributed by atoms with Gasteiger partial charge in [-0.3, -0.25) is 9.59 Å². The molecule has 0 aliphatic carbocycles. The minimum Gasteiger partial charge on any atom is -0.487 e. The average Bonchev–Trinajstić information content (AvgIpc) is 3.54. The first kappa shape index (κ1) is 21.9. The number of carbonyl (C=O) groups is 2. The van der Waals surface area contributed by atoms with Crippen LogP contribution in [0.4, 0.5) is 0 Å². The minimum atomic E-state index is -0.0697. The van der Waals surface area contributed by atoms with E-state index in [1.54, 1.807) is 4.90 Å². The quantitative estimate of drug-likeness (QED) is 0.404. The van der Waals surface area contributed by atoms with Crippen LogP contribution in [0.1, 0.15) is 44.8 Å². The predicted octanol–water partition coefficient (Wildman–Crippen LogP) is 4.81. The number of hydrogen-bond acceptors (Lipinski definition) is 6. The Bertz CT molecular complexity index is 1320. The molecular weight excluding hydrogens is 462 g/mol. The molecule has 0 saturated carbocycles. The van der Waals surface area contributed by atoms with Crippen molar-refractivity contribution < 1.29 is 18.7 Å². The molecule has 4 aromatic rings. The van der Waals surface area contributed by atoms with Gasteiger partial charge in [-0.25, -0.2) is 4.98 Å². The number of ether oxygens (including phenoxy) is 1. The second-order valence-corrected chi connectivity index (χ2v) is 9.94. The number of likely N-dealkylation sites (tertiary alicyclic amines) is 2. The number of hydrogen-bond donors (Lipinski definition) is 0. The monoisotopic (exact) mass is 487 g/mol. The first-order chi connectivity index (χ1) is 17.1. The van der Waals surface area contributed by atoms with E-state index in [9.17, 15) is 9.59 Å². The lowest BCUT2D eigenvalue weighted by atomic mass is 9.97. The number of piperidine rings is 1. The van der Waals surface area contributed by atoms with Gasteiger partial charge in [-0.2, -0.15) is 0 Å². The predicted molar refractivity (Wildman–Crippen MR) is 133 cm³/mol. The highest BCUT2D eigenvalue weighted by atomic mass is 32.1. The number of benzene rings is 2. The number of fused-ring (bicyclic) bond motifs is 1. The van der Waals surface area contributed by atoms with Crippen molar-refractivity contribution in [3.8, 4) is 5.75 Å². The van der Waals surface area contributed by atoms with Crippen molar-refractivity contribution in [1.82, 2.24) is 14.8 Å². The lowest BCUT2D eigenvalue weighted by molar-refractivity contribution is 0.0174. The number of carbonyl (C=O) groups excluding carboxylic acids is 2. The molecule has 2 saturated heterocycles. The van der Waals surface area contributed by atoms with Crippen molar-refractivity contribution in [3.05, 3.63) is 82.5 Å². The van der Waals surface area contributed by atoms with Crippen LogP contribution in [0.15, 0.2) is 70.5 Å². The number of rotatable bonds is 5. The van der Waals surface area contributed by atoms with E-state index in [-0.39, 0.29) is 23.8 Å². The third-order valence-corrected chi connectivity index (χ3v) is 7.70. The van der Waals surface area contributed by atoms with Crippen LogP contribution in [0.5, 0.6) is 5.75 Å². The lowest BCUT2D eigenvalue weighted by Gasteiger charge is -2.38. The third kappa shape index (κ3) is 4.41. The van der Waals surface area contributed by atoms with E-state index in [4.69, 9.17) is 9.15 Å². The molecule has 2 fully saturated rings. The molecule has 0 unspecified atom stereocenters. The van der Waals surface area contributed by atoms with E-state index in [0.717, 1.165) is 34.6 Å². The van der Waals surface area contributed by atoms with E-state index in [0.29, 0.717) is 37.6 Å². The van der Waals surface area contributed by atoms with Crippen LogP contribution in [0.2, 0.25) is 0 Å². The van der Waals surface area contributed by atoms with Gasteiger partial charge in [0.2, 0.25) is 0 Å². The molecule has 4 heterocycles. The van der Waals surface area contributed by atoms with Gasteiger partial charge in [0.25, 0.3) is 11.8 Å². The summed E-state index contributed by atoms with van der Waals surface area (Å²) in [5.41, 5.74) is 1.23. The van der Waals surface area contributed by atoms with Crippen LogP contribution in [-0.4, -0.2) is 58.9 Å². The molecule has 0 atom stereocenters. The van der Waals surface area contributed by atoms with Gasteiger partial charge in [0.15, 0.2) is 5.76 Å². The summed E-state index contributed by atoms with van der Waals surface area (Å²) in [5.74, 6) is 1.35. The molecule has 2 aliphatic rings. The summed E-state index contributed by atoms with van der Waals surface area (Å²) < 4.78 is 11.6. The number of nitrogens with zero attached hydrogens (tertiary/aromatic N) is 3. The van der Waals surface area contributed by atoms with Gasteiger partial charge in [-0.15, -0.1) is 11.3 Å². The van der Waals surface area contributed by atoms with Gasteiger partial charge in [-0.1, -0.05) is 36.4 Å². The molecule has 178 valence electrons. The van der Waals surface area contributed by atoms with Crippen LogP contribution in [0.3, 0.4) is 0 Å². The smallest absolute Gasteiger partial charge is 0.289 e. The minimum absolute atomic E-state index is 0.0214. The van der Waals surface area contributed by atoms with Crippen LogP contribution < -0.4 is 4.74 Å². The summed E-state index contributed by atoms with van der Waals surface area (Å²) in [5, 5.41) is 3.77. The first-order valence-electron chi connectivity index (χ1n) is 11.9. The summed E-state index contributed by atoms with van der Waals surface area (Å²) in [6.07, 6.45) is 1.67. The Balaban J connectivity index is 1.02. The van der Waals surface area contributed by atoms with Crippen molar-refractivity contribution in [2.45, 2.75) is 24.9 Å². The average molecular weight is 488 g/mol. The Hall–Kier alpha value is -3.65. The fourth-order valence-corrected chi connectivity index (χ4v) is 5.64. The van der Waals surface area contributed by atoms with Gasteiger partial charge in [0, 0.05) is 29.8 Å². The molecule has 0 spiro atoms. The highest BCUT2D eigenvalue weighted by Gasteiger charge is 2.34. The van der Waals surface area contributed by atoms with Crippen molar-refractivity contribution in [1.29, 1.82) is 0 Å². The molecule has 0 radical (unpaired) electrons. The Labute approximate surface area is 206 Å². The Morgan fingerprint density at radius 3 is 2.46 bits per heavy atom. The van der Waals surface area contributed by atoms with Crippen molar-refractivity contribution >= 4 is 34.1 Å². The molecule has 35 heavy (non-hydrogen) atoms. The van der Waals surface area contributed by atoms with Crippen LogP contribution >= 0.6 is 11.3 Å². The number of para-hydroxylation sites is 2. The standard InChI is InChI=1S/C27H25N3O4S/c31-26(30-15-21(16-30)33-20-7-2-1-3-8-20)22-17-35-25(28-22)18-10-12-29(13-11-18)27(32)24-14-19-6-4-5-9-23(19)34-24/h1-9,14,17-18,21H,10-13,15-16H2. The van der Waals surface area contributed by atoms with E-state index < -0.39 is 0 Å². The van der Waals surface area contributed by atoms with Gasteiger partial charge in [-0.05, 0) is 37.1 Å². The molecule has 2 aromatic carbocycles. The Morgan fingerprint density at radius 1 is 0.943 bits per heavy atom. The molecule has 2 amide bonds.